The van der Waals surface area contributed by atoms with Crippen LogP contribution >= 0.6 is 0 Å². The number of hydrogen-bond donors (Lipinski definition) is 2. The Labute approximate surface area is 121 Å². The van der Waals surface area contributed by atoms with Crippen LogP contribution in [0.25, 0.3) is 0 Å². The van der Waals surface area contributed by atoms with Crippen molar-refractivity contribution in [2.45, 2.75) is 38.0 Å². The van der Waals surface area contributed by atoms with Gasteiger partial charge in [0.1, 0.15) is 0 Å². The highest BCUT2D eigenvalue weighted by Crippen LogP contribution is 2.40. The van der Waals surface area contributed by atoms with E-state index < -0.39 is 10.0 Å². The Morgan fingerprint density at radius 3 is 2.40 bits per heavy atom. The molecular formula is C14H23N3O2S. The van der Waals surface area contributed by atoms with E-state index in [0.717, 1.165) is 38.0 Å². The molecule has 0 atom stereocenters. The third-order valence-corrected chi connectivity index (χ3v) is 5.52. The van der Waals surface area contributed by atoms with Gasteiger partial charge in [-0.05, 0) is 42.9 Å². The van der Waals surface area contributed by atoms with Crippen LogP contribution < -0.4 is 15.8 Å². The maximum absolute atomic E-state index is 11.3. The molecule has 0 aromatic heterocycles. The summed E-state index contributed by atoms with van der Waals surface area (Å²) < 4.78 is 22.6. The molecule has 4 N–H and O–H groups in total. The van der Waals surface area contributed by atoms with Crippen molar-refractivity contribution < 1.29 is 8.42 Å². The van der Waals surface area contributed by atoms with Gasteiger partial charge in [-0.1, -0.05) is 13.8 Å². The molecule has 0 saturated carbocycles. The first-order chi connectivity index (χ1) is 9.31. The topological polar surface area (TPSA) is 89.4 Å². The van der Waals surface area contributed by atoms with Crippen molar-refractivity contribution in [1.29, 1.82) is 0 Å². The predicted octanol–water partition coefficient (Wildman–Crippen LogP) is 1.93. The number of rotatable bonds is 4. The zero-order chi connectivity index (χ0) is 15.0. The van der Waals surface area contributed by atoms with Gasteiger partial charge in [-0.2, -0.15) is 0 Å². The highest BCUT2D eigenvalue weighted by Gasteiger charge is 2.35. The molecule has 5 nitrogen and oxygen atoms in total. The van der Waals surface area contributed by atoms with Crippen LogP contribution in [0.2, 0.25) is 0 Å². The molecule has 1 aliphatic heterocycles. The second-order valence-corrected chi connectivity index (χ2v) is 7.21. The van der Waals surface area contributed by atoms with E-state index in [9.17, 15) is 8.42 Å². The molecule has 1 heterocycles. The zero-order valence-corrected chi connectivity index (χ0v) is 12.9. The van der Waals surface area contributed by atoms with Gasteiger partial charge in [-0.15, -0.1) is 0 Å². The number of nitrogens with zero attached hydrogens (tertiary/aromatic N) is 1. The van der Waals surface area contributed by atoms with Crippen LogP contribution in [0.5, 0.6) is 0 Å². The summed E-state index contributed by atoms with van der Waals surface area (Å²) in [4.78, 5) is 2.31. The summed E-state index contributed by atoms with van der Waals surface area (Å²) in [7, 11) is -3.70. The SMILES string of the molecule is CCC1(CC)CCN(c2ccc(S(N)(=O)=O)cc2N)C1. The number of anilines is 2. The molecule has 0 bridgehead atoms. The Morgan fingerprint density at radius 2 is 1.95 bits per heavy atom. The van der Waals surface area contributed by atoms with Gasteiger partial charge >= 0.3 is 0 Å². The second-order valence-electron chi connectivity index (χ2n) is 5.64. The van der Waals surface area contributed by atoms with Gasteiger partial charge in [0, 0.05) is 13.1 Å². The third-order valence-electron chi connectivity index (χ3n) is 4.61. The molecule has 0 aliphatic carbocycles. The van der Waals surface area contributed by atoms with Gasteiger partial charge in [-0.25, -0.2) is 13.6 Å². The van der Waals surface area contributed by atoms with Crippen LogP contribution in [0.4, 0.5) is 11.4 Å². The van der Waals surface area contributed by atoms with E-state index >= 15 is 0 Å². The number of benzene rings is 1. The predicted molar refractivity (Wildman–Crippen MR) is 82.1 cm³/mol. The minimum atomic E-state index is -3.70. The van der Waals surface area contributed by atoms with Gasteiger partial charge in [0.15, 0.2) is 0 Å². The molecule has 1 aromatic rings. The lowest BCUT2D eigenvalue weighted by molar-refractivity contribution is 0.301. The molecule has 0 unspecified atom stereocenters. The minimum Gasteiger partial charge on any atom is -0.397 e. The molecule has 1 aliphatic rings. The molecule has 112 valence electrons. The zero-order valence-electron chi connectivity index (χ0n) is 12.1. The monoisotopic (exact) mass is 297 g/mol. The summed E-state index contributed by atoms with van der Waals surface area (Å²) in [6.45, 7) is 6.38. The smallest absolute Gasteiger partial charge is 0.238 e. The molecule has 1 fully saturated rings. The highest BCUT2D eigenvalue weighted by molar-refractivity contribution is 7.89. The highest BCUT2D eigenvalue weighted by atomic mass is 32.2. The van der Waals surface area contributed by atoms with Crippen LogP contribution in [0.1, 0.15) is 33.1 Å². The first-order valence-electron chi connectivity index (χ1n) is 6.98. The molecule has 1 saturated heterocycles. The molecule has 2 rings (SSSR count). The average Bonchev–Trinajstić information content (AvgIpc) is 2.82. The molecule has 0 amide bonds. The van der Waals surface area contributed by atoms with Crippen LogP contribution in [-0.4, -0.2) is 21.5 Å². The van der Waals surface area contributed by atoms with Crippen molar-refractivity contribution in [3.8, 4) is 0 Å². The number of sulfonamides is 1. The van der Waals surface area contributed by atoms with Crippen LogP contribution in [-0.2, 0) is 10.0 Å². The summed E-state index contributed by atoms with van der Waals surface area (Å²) >= 11 is 0. The van der Waals surface area contributed by atoms with E-state index in [1.165, 1.54) is 12.1 Å². The van der Waals surface area contributed by atoms with Gasteiger partial charge < -0.3 is 10.6 Å². The fourth-order valence-electron chi connectivity index (χ4n) is 2.97. The fraction of sp³-hybridized carbons (Fsp3) is 0.571. The van der Waals surface area contributed by atoms with Gasteiger partial charge in [0.25, 0.3) is 0 Å². The van der Waals surface area contributed by atoms with Crippen LogP contribution in [0.15, 0.2) is 23.1 Å². The standard InChI is InChI=1S/C14H23N3O2S/c1-3-14(4-2)7-8-17(10-14)13-6-5-11(9-12(13)15)20(16,18)19/h5-6,9H,3-4,7-8,10,15H2,1-2H3,(H2,16,18,19). The number of nitrogen functional groups attached to an aromatic ring is 1. The Balaban J connectivity index is 2.28. The number of primary sulfonamides is 1. The lowest BCUT2D eigenvalue weighted by Crippen LogP contribution is -2.26. The summed E-state index contributed by atoms with van der Waals surface area (Å²) in [5.74, 6) is 0. The van der Waals surface area contributed by atoms with Crippen molar-refractivity contribution in [3.05, 3.63) is 18.2 Å². The maximum Gasteiger partial charge on any atom is 0.238 e. The van der Waals surface area contributed by atoms with Crippen LogP contribution in [0.3, 0.4) is 0 Å². The van der Waals surface area contributed by atoms with E-state index in [-0.39, 0.29) is 4.90 Å². The minimum absolute atomic E-state index is 0.0650. The molecule has 20 heavy (non-hydrogen) atoms. The lowest BCUT2D eigenvalue weighted by Gasteiger charge is -2.27. The Kier molecular flexibility index (Phi) is 3.97. The van der Waals surface area contributed by atoms with Crippen molar-refractivity contribution in [2.24, 2.45) is 10.6 Å². The Morgan fingerprint density at radius 1 is 1.30 bits per heavy atom. The summed E-state index contributed by atoms with van der Waals surface area (Å²) in [6, 6.07) is 4.73. The number of hydrogen-bond acceptors (Lipinski definition) is 4. The molecule has 0 spiro atoms. The average molecular weight is 297 g/mol. The van der Waals surface area contributed by atoms with Crippen molar-refractivity contribution >= 4 is 21.4 Å². The maximum atomic E-state index is 11.3. The normalized spacial score (nSPS) is 18.4. The summed E-state index contributed by atoms with van der Waals surface area (Å²) in [5, 5.41) is 5.12. The Hall–Kier alpha value is -1.27. The number of nitrogens with two attached hydrogens (primary N) is 2. The summed E-state index contributed by atoms with van der Waals surface area (Å²) in [6.07, 6.45) is 3.45. The van der Waals surface area contributed by atoms with E-state index in [0.29, 0.717) is 11.1 Å². The summed E-state index contributed by atoms with van der Waals surface area (Å²) in [5.41, 5.74) is 7.74. The van der Waals surface area contributed by atoms with E-state index in [1.54, 1.807) is 6.07 Å². The first-order valence-corrected chi connectivity index (χ1v) is 8.53. The van der Waals surface area contributed by atoms with Crippen molar-refractivity contribution in [2.75, 3.05) is 23.7 Å². The Bertz CT molecular complexity index is 594. The lowest BCUT2D eigenvalue weighted by atomic mass is 9.82. The van der Waals surface area contributed by atoms with E-state index in [4.69, 9.17) is 10.9 Å². The first kappa shape index (κ1) is 15.1. The second kappa shape index (κ2) is 5.26. The molecular weight excluding hydrogens is 274 g/mol. The van der Waals surface area contributed by atoms with Gasteiger partial charge in [-0.3, -0.25) is 0 Å². The van der Waals surface area contributed by atoms with Gasteiger partial charge in [0.05, 0.1) is 16.3 Å². The van der Waals surface area contributed by atoms with Crippen molar-refractivity contribution in [1.82, 2.24) is 0 Å². The molecule has 6 heteroatoms. The van der Waals surface area contributed by atoms with Crippen molar-refractivity contribution in [3.63, 3.8) is 0 Å². The fourth-order valence-corrected chi connectivity index (χ4v) is 3.51. The largest absolute Gasteiger partial charge is 0.397 e. The molecule has 0 radical (unpaired) electrons. The van der Waals surface area contributed by atoms with Gasteiger partial charge in [0.2, 0.25) is 10.0 Å². The molecule has 1 aromatic carbocycles. The van der Waals surface area contributed by atoms with E-state index in [2.05, 4.69) is 18.7 Å². The quantitative estimate of drug-likeness (QED) is 0.831. The van der Waals surface area contributed by atoms with E-state index in [1.807, 2.05) is 0 Å². The van der Waals surface area contributed by atoms with Crippen LogP contribution in [0, 0.1) is 5.41 Å². The third kappa shape index (κ3) is 2.76.